The van der Waals surface area contributed by atoms with Crippen molar-refractivity contribution in [2.24, 2.45) is 0 Å². The molecule has 1 aromatic heterocycles. The maximum absolute atomic E-state index is 12.0. The van der Waals surface area contributed by atoms with Gasteiger partial charge in [-0.2, -0.15) is 5.10 Å². The van der Waals surface area contributed by atoms with Crippen LogP contribution in [0.3, 0.4) is 0 Å². The molecule has 0 aliphatic rings. The van der Waals surface area contributed by atoms with Crippen LogP contribution in [0.25, 0.3) is 16.9 Å². The Balaban J connectivity index is 0.00000158. The van der Waals surface area contributed by atoms with Gasteiger partial charge in [-0.25, -0.2) is 4.68 Å². The number of aliphatic hydroxyl groups excluding tert-OH is 1. The van der Waals surface area contributed by atoms with Crippen LogP contribution in [0.1, 0.15) is 39.4 Å². The molecule has 4 nitrogen and oxygen atoms in total. The van der Waals surface area contributed by atoms with E-state index in [-0.39, 0.29) is 5.92 Å². The van der Waals surface area contributed by atoms with Crippen LogP contribution in [-0.2, 0) is 11.2 Å². The first kappa shape index (κ1) is 25.4. The molecule has 1 heterocycles. The second-order valence-electron chi connectivity index (χ2n) is 8.60. The summed E-state index contributed by atoms with van der Waals surface area (Å²) in [6.07, 6.45) is 1.57. The lowest BCUT2D eigenvalue weighted by Crippen LogP contribution is -2.07. The summed E-state index contributed by atoms with van der Waals surface area (Å²) >= 11 is 6.42. The molecular weight excluding hydrogens is 444 g/mol. The molecule has 0 aliphatic heterocycles. The molecule has 5 heteroatoms. The molecule has 0 spiro atoms. The molecule has 3 aromatic carbocycles. The zero-order valence-corrected chi connectivity index (χ0v) is 21.1. The Kier molecular flexibility index (Phi) is 8.43. The number of aliphatic hydroxyl groups is 1. The SMILES string of the molecule is CO.Cc1ccc(-c2cc(CC(C=O)c3cc(C)cc(C)c3)nn2-c2ccc(C)c(Cl)c2)cc1. The molecule has 0 saturated carbocycles. The number of halogens is 1. The third-order valence-corrected chi connectivity index (χ3v) is 6.18. The van der Waals surface area contributed by atoms with Crippen molar-refractivity contribution in [1.82, 2.24) is 9.78 Å². The first-order chi connectivity index (χ1) is 16.3. The summed E-state index contributed by atoms with van der Waals surface area (Å²) in [7, 11) is 1.00. The molecular formula is C29H31ClN2O2. The number of nitrogens with zero attached hydrogens (tertiary/aromatic N) is 2. The lowest BCUT2D eigenvalue weighted by atomic mass is 9.93. The molecule has 1 unspecified atom stereocenters. The Morgan fingerprint density at radius 1 is 0.882 bits per heavy atom. The monoisotopic (exact) mass is 474 g/mol. The van der Waals surface area contributed by atoms with Crippen molar-refractivity contribution in [3.8, 4) is 16.9 Å². The number of benzene rings is 3. The van der Waals surface area contributed by atoms with Gasteiger partial charge < -0.3 is 9.90 Å². The molecule has 0 saturated heterocycles. The number of rotatable bonds is 6. The molecule has 176 valence electrons. The predicted molar refractivity (Wildman–Crippen MR) is 140 cm³/mol. The Morgan fingerprint density at radius 2 is 1.53 bits per heavy atom. The molecule has 4 rings (SSSR count). The zero-order chi connectivity index (χ0) is 24.8. The van der Waals surface area contributed by atoms with Crippen LogP contribution in [0.2, 0.25) is 5.02 Å². The Hall–Kier alpha value is -3.21. The number of aldehydes is 1. The van der Waals surface area contributed by atoms with Crippen LogP contribution in [0.4, 0.5) is 0 Å². The van der Waals surface area contributed by atoms with Crippen LogP contribution in [0.15, 0.2) is 66.7 Å². The Morgan fingerprint density at radius 3 is 2.12 bits per heavy atom. The van der Waals surface area contributed by atoms with Gasteiger partial charge in [0.25, 0.3) is 0 Å². The van der Waals surface area contributed by atoms with Gasteiger partial charge >= 0.3 is 0 Å². The lowest BCUT2D eigenvalue weighted by molar-refractivity contribution is -0.109. The highest BCUT2D eigenvalue weighted by Gasteiger charge is 2.18. The van der Waals surface area contributed by atoms with Gasteiger partial charge in [0.15, 0.2) is 0 Å². The van der Waals surface area contributed by atoms with Gasteiger partial charge in [0.1, 0.15) is 6.29 Å². The van der Waals surface area contributed by atoms with Gasteiger partial charge in [0.05, 0.1) is 17.1 Å². The van der Waals surface area contributed by atoms with E-state index in [0.29, 0.717) is 11.4 Å². The van der Waals surface area contributed by atoms with Crippen LogP contribution in [0, 0.1) is 27.7 Å². The third kappa shape index (κ3) is 5.82. The van der Waals surface area contributed by atoms with Crippen molar-refractivity contribution in [2.45, 2.75) is 40.0 Å². The van der Waals surface area contributed by atoms with E-state index in [1.54, 1.807) is 0 Å². The van der Waals surface area contributed by atoms with Crippen molar-refractivity contribution in [2.75, 3.05) is 7.11 Å². The summed E-state index contributed by atoms with van der Waals surface area (Å²) in [5, 5.41) is 12.6. The van der Waals surface area contributed by atoms with E-state index in [1.165, 1.54) is 5.56 Å². The summed E-state index contributed by atoms with van der Waals surface area (Å²) in [6, 6.07) is 22.7. The first-order valence-electron chi connectivity index (χ1n) is 11.2. The summed E-state index contributed by atoms with van der Waals surface area (Å²) in [5.41, 5.74) is 9.39. The minimum atomic E-state index is -0.246. The molecule has 0 amide bonds. The number of carbonyl (C=O) groups excluding carboxylic acids is 1. The zero-order valence-electron chi connectivity index (χ0n) is 20.3. The van der Waals surface area contributed by atoms with E-state index >= 15 is 0 Å². The van der Waals surface area contributed by atoms with Crippen LogP contribution in [0.5, 0.6) is 0 Å². The predicted octanol–water partition coefficient (Wildman–Crippen LogP) is 6.56. The van der Waals surface area contributed by atoms with E-state index in [4.69, 9.17) is 21.8 Å². The van der Waals surface area contributed by atoms with Crippen LogP contribution >= 0.6 is 11.6 Å². The highest BCUT2D eigenvalue weighted by Crippen LogP contribution is 2.29. The minimum Gasteiger partial charge on any atom is -0.400 e. The van der Waals surface area contributed by atoms with E-state index in [9.17, 15) is 4.79 Å². The smallest absolute Gasteiger partial charge is 0.127 e. The average molecular weight is 475 g/mol. The maximum atomic E-state index is 12.0. The minimum absolute atomic E-state index is 0.246. The Labute approximate surface area is 206 Å². The van der Waals surface area contributed by atoms with Gasteiger partial charge in [0, 0.05) is 30.0 Å². The van der Waals surface area contributed by atoms with Crippen LogP contribution in [-0.4, -0.2) is 28.3 Å². The fourth-order valence-corrected chi connectivity index (χ4v) is 4.24. The van der Waals surface area contributed by atoms with Gasteiger partial charge in [-0.3, -0.25) is 0 Å². The van der Waals surface area contributed by atoms with Gasteiger partial charge in [-0.05, 0) is 57.0 Å². The molecule has 1 N–H and O–H groups in total. The van der Waals surface area contributed by atoms with Crippen LogP contribution < -0.4 is 0 Å². The second kappa shape index (κ2) is 11.3. The van der Waals surface area contributed by atoms with E-state index in [2.05, 4.69) is 69.3 Å². The summed E-state index contributed by atoms with van der Waals surface area (Å²) in [4.78, 5) is 12.0. The maximum Gasteiger partial charge on any atom is 0.127 e. The Bertz CT molecular complexity index is 1260. The number of carbonyl (C=O) groups is 1. The van der Waals surface area contributed by atoms with Gasteiger partial charge in [-0.15, -0.1) is 0 Å². The highest BCUT2D eigenvalue weighted by molar-refractivity contribution is 6.31. The van der Waals surface area contributed by atoms with E-state index in [0.717, 1.165) is 58.3 Å². The normalized spacial score (nSPS) is 11.5. The van der Waals surface area contributed by atoms with Gasteiger partial charge in [-0.1, -0.05) is 76.8 Å². The molecule has 34 heavy (non-hydrogen) atoms. The standard InChI is InChI=1S/C28H27ClN2O.CH4O/c1-18-5-8-22(9-6-18)28-15-25(30-31(28)26-10-7-21(4)27(29)16-26)14-24(17-32)23-12-19(2)11-20(3)13-23;1-2/h5-13,15-17,24H,14H2,1-4H3;2H,1H3. The fourth-order valence-electron chi connectivity index (χ4n) is 4.06. The molecule has 0 fully saturated rings. The van der Waals surface area contributed by atoms with E-state index < -0.39 is 0 Å². The highest BCUT2D eigenvalue weighted by atomic mass is 35.5. The number of hydrogen-bond donors (Lipinski definition) is 1. The van der Waals surface area contributed by atoms with Crippen molar-refractivity contribution in [1.29, 1.82) is 0 Å². The fraction of sp³-hybridized carbons (Fsp3) is 0.241. The van der Waals surface area contributed by atoms with E-state index in [1.807, 2.05) is 29.8 Å². The number of aryl methyl sites for hydroxylation is 4. The topological polar surface area (TPSA) is 55.1 Å². The molecule has 0 bridgehead atoms. The van der Waals surface area contributed by atoms with Crippen molar-refractivity contribution >= 4 is 17.9 Å². The van der Waals surface area contributed by atoms with Gasteiger partial charge in [0.2, 0.25) is 0 Å². The average Bonchev–Trinajstić information content (AvgIpc) is 3.24. The number of aromatic nitrogens is 2. The summed E-state index contributed by atoms with van der Waals surface area (Å²) in [6.45, 7) is 8.18. The van der Waals surface area contributed by atoms with Crippen molar-refractivity contribution in [3.63, 3.8) is 0 Å². The molecule has 0 radical (unpaired) electrons. The largest absolute Gasteiger partial charge is 0.400 e. The quantitative estimate of drug-likeness (QED) is 0.322. The summed E-state index contributed by atoms with van der Waals surface area (Å²) < 4.78 is 1.93. The third-order valence-electron chi connectivity index (χ3n) is 5.77. The first-order valence-corrected chi connectivity index (χ1v) is 11.6. The summed E-state index contributed by atoms with van der Waals surface area (Å²) in [5.74, 6) is -0.246. The molecule has 4 aromatic rings. The number of hydrogen-bond acceptors (Lipinski definition) is 3. The second-order valence-corrected chi connectivity index (χ2v) is 9.01. The molecule has 0 aliphatic carbocycles. The molecule has 1 atom stereocenters. The lowest BCUT2D eigenvalue weighted by Gasteiger charge is -2.11. The van der Waals surface area contributed by atoms with Crippen molar-refractivity contribution in [3.05, 3.63) is 105 Å². The van der Waals surface area contributed by atoms with Crippen molar-refractivity contribution < 1.29 is 9.90 Å².